The lowest BCUT2D eigenvalue weighted by atomic mass is 10.1. The number of amides is 1. The van der Waals surface area contributed by atoms with Crippen molar-refractivity contribution in [2.75, 3.05) is 7.11 Å². The number of methoxy groups -OCH3 is 1. The molecule has 0 saturated carbocycles. The molecule has 0 atom stereocenters. The van der Waals surface area contributed by atoms with Gasteiger partial charge in [-0.25, -0.2) is 4.99 Å². The Morgan fingerprint density at radius 1 is 1.09 bits per heavy atom. The number of aliphatic imine (C=N–C) groups is 1. The van der Waals surface area contributed by atoms with Crippen molar-refractivity contribution < 1.29 is 9.53 Å². The first-order valence-corrected chi connectivity index (χ1v) is 11.5. The fourth-order valence-electron chi connectivity index (χ4n) is 3.87. The van der Waals surface area contributed by atoms with Gasteiger partial charge in [-0.2, -0.15) is 5.26 Å². The van der Waals surface area contributed by atoms with E-state index in [1.807, 2.05) is 85.1 Å². The van der Waals surface area contributed by atoms with Crippen molar-refractivity contribution in [3.63, 3.8) is 0 Å². The monoisotopic (exact) mass is 464 g/mol. The van der Waals surface area contributed by atoms with E-state index in [4.69, 9.17) is 4.74 Å². The molecule has 0 aliphatic carbocycles. The summed E-state index contributed by atoms with van der Waals surface area (Å²) in [4.78, 5) is 17.8. The maximum absolute atomic E-state index is 12.7. The van der Waals surface area contributed by atoms with Crippen LogP contribution in [0.2, 0.25) is 0 Å². The van der Waals surface area contributed by atoms with E-state index in [0.29, 0.717) is 22.2 Å². The molecule has 1 fully saturated rings. The Bertz CT molecular complexity index is 1490. The number of hydrogen-bond acceptors (Lipinski definition) is 5. The number of fused-ring (bicyclic) bond motifs is 1. The first-order chi connectivity index (χ1) is 16.6. The molecule has 1 aliphatic heterocycles. The predicted molar refractivity (Wildman–Crippen MR) is 136 cm³/mol. The van der Waals surface area contributed by atoms with Crippen molar-refractivity contribution in [1.82, 2.24) is 9.88 Å². The quantitative estimate of drug-likeness (QED) is 0.398. The molecule has 1 amide bonds. The number of rotatable bonds is 5. The number of carbonyl (C=O) groups is 1. The van der Waals surface area contributed by atoms with Crippen molar-refractivity contribution in [2.24, 2.45) is 4.99 Å². The minimum atomic E-state index is -0.177. The Morgan fingerprint density at radius 3 is 2.65 bits per heavy atom. The van der Waals surface area contributed by atoms with Crippen molar-refractivity contribution in [3.05, 3.63) is 101 Å². The fourth-order valence-corrected chi connectivity index (χ4v) is 4.70. The molecule has 166 valence electrons. The number of ether oxygens (including phenoxy) is 1. The van der Waals surface area contributed by atoms with Crippen LogP contribution in [-0.2, 0) is 11.3 Å². The normalized spacial score (nSPS) is 15.6. The van der Waals surface area contributed by atoms with Gasteiger partial charge in [0.2, 0.25) is 0 Å². The summed E-state index contributed by atoms with van der Waals surface area (Å²) in [7, 11) is 1.62. The van der Waals surface area contributed by atoms with Gasteiger partial charge in [-0.05, 0) is 59.8 Å². The predicted octanol–water partition coefficient (Wildman–Crippen LogP) is 5.46. The second kappa shape index (κ2) is 9.30. The molecular weight excluding hydrogens is 444 g/mol. The number of hydrogen-bond donors (Lipinski definition) is 1. The fraction of sp³-hybridized carbons (Fsp3) is 0.0741. The van der Waals surface area contributed by atoms with Crippen LogP contribution in [0.15, 0.2) is 88.9 Å². The smallest absolute Gasteiger partial charge is 0.264 e. The average molecular weight is 465 g/mol. The third kappa shape index (κ3) is 4.32. The van der Waals surface area contributed by atoms with Crippen LogP contribution in [0.1, 0.15) is 16.7 Å². The van der Waals surface area contributed by atoms with E-state index in [1.54, 1.807) is 7.11 Å². The number of thioether (sulfide) groups is 1. The molecule has 6 nitrogen and oxygen atoms in total. The van der Waals surface area contributed by atoms with Crippen LogP contribution in [-0.4, -0.2) is 22.8 Å². The van der Waals surface area contributed by atoms with Gasteiger partial charge in [-0.15, -0.1) is 0 Å². The van der Waals surface area contributed by atoms with E-state index in [0.717, 1.165) is 33.5 Å². The zero-order chi connectivity index (χ0) is 23.5. The maximum Gasteiger partial charge on any atom is 0.264 e. The highest BCUT2D eigenvalue weighted by atomic mass is 32.2. The lowest BCUT2D eigenvalue weighted by molar-refractivity contribution is -0.115. The molecular formula is C27H20N4O2S. The molecule has 7 heteroatoms. The van der Waals surface area contributed by atoms with Crippen molar-refractivity contribution in [3.8, 4) is 11.8 Å². The van der Waals surface area contributed by atoms with Gasteiger partial charge in [0.1, 0.15) is 5.75 Å². The van der Waals surface area contributed by atoms with Crippen LogP contribution in [0.5, 0.6) is 5.75 Å². The SMILES string of the molecule is COc1ccc(N=C2NC(=O)C(=Cc3cn(Cc4ccccc4C#N)c4ccccc34)S2)cc1. The number of nitrogens with zero attached hydrogens (tertiary/aromatic N) is 3. The molecule has 0 spiro atoms. The van der Waals surface area contributed by atoms with Gasteiger partial charge in [0.05, 0.1) is 29.3 Å². The largest absolute Gasteiger partial charge is 0.497 e. The van der Waals surface area contributed by atoms with Gasteiger partial charge in [0, 0.05) is 29.2 Å². The van der Waals surface area contributed by atoms with Crippen LogP contribution < -0.4 is 10.1 Å². The number of carbonyl (C=O) groups excluding carboxylic acids is 1. The summed E-state index contributed by atoms with van der Waals surface area (Å²) in [5.74, 6) is 0.574. The van der Waals surface area contributed by atoms with Crippen molar-refractivity contribution >= 4 is 45.5 Å². The Hall–Kier alpha value is -4.28. The summed E-state index contributed by atoms with van der Waals surface area (Å²) < 4.78 is 7.29. The van der Waals surface area contributed by atoms with E-state index in [-0.39, 0.29) is 5.91 Å². The molecule has 0 unspecified atom stereocenters. The second-order valence-electron chi connectivity index (χ2n) is 7.68. The Labute approximate surface area is 201 Å². The molecule has 0 radical (unpaired) electrons. The molecule has 1 aromatic heterocycles. The van der Waals surface area contributed by atoms with Crippen LogP contribution >= 0.6 is 11.8 Å². The zero-order valence-electron chi connectivity index (χ0n) is 18.4. The van der Waals surface area contributed by atoms with Gasteiger partial charge < -0.3 is 14.6 Å². The van der Waals surface area contributed by atoms with Gasteiger partial charge >= 0.3 is 0 Å². The van der Waals surface area contributed by atoms with E-state index in [1.165, 1.54) is 11.8 Å². The standard InChI is InChI=1S/C27H20N4O2S/c1-33-22-12-10-21(11-13-22)29-27-30-26(32)25(34-27)14-20-17-31(24-9-5-4-8-23(20)24)16-19-7-3-2-6-18(19)15-28/h2-14,17H,16H2,1H3,(H,29,30,32). The van der Waals surface area contributed by atoms with Crippen LogP contribution in [0.25, 0.3) is 17.0 Å². The molecule has 0 bridgehead atoms. The number of amidine groups is 1. The number of nitrogens with one attached hydrogen (secondary N) is 1. The van der Waals surface area contributed by atoms with E-state index < -0.39 is 0 Å². The first kappa shape index (κ1) is 21.6. The Morgan fingerprint density at radius 2 is 1.85 bits per heavy atom. The van der Waals surface area contributed by atoms with Crippen LogP contribution in [0.4, 0.5) is 5.69 Å². The van der Waals surface area contributed by atoms with Crippen LogP contribution in [0, 0.1) is 11.3 Å². The third-order valence-corrected chi connectivity index (χ3v) is 6.45. The van der Waals surface area contributed by atoms with Gasteiger partial charge in [0.25, 0.3) is 5.91 Å². The van der Waals surface area contributed by atoms with Crippen molar-refractivity contribution in [1.29, 1.82) is 5.26 Å². The molecule has 4 aromatic rings. The highest BCUT2D eigenvalue weighted by Crippen LogP contribution is 2.31. The van der Waals surface area contributed by atoms with Gasteiger partial charge in [0.15, 0.2) is 5.17 Å². The second-order valence-corrected chi connectivity index (χ2v) is 8.71. The van der Waals surface area contributed by atoms with Crippen molar-refractivity contribution in [2.45, 2.75) is 6.54 Å². The highest BCUT2D eigenvalue weighted by Gasteiger charge is 2.24. The van der Waals surface area contributed by atoms with E-state index in [9.17, 15) is 10.1 Å². The minimum absolute atomic E-state index is 0.177. The number of para-hydroxylation sites is 1. The molecule has 2 heterocycles. The summed E-state index contributed by atoms with van der Waals surface area (Å²) in [6.07, 6.45) is 3.92. The van der Waals surface area contributed by atoms with Crippen LogP contribution in [0.3, 0.4) is 0 Å². The molecule has 1 saturated heterocycles. The summed E-state index contributed by atoms with van der Waals surface area (Å²) in [6.45, 7) is 0.566. The molecule has 1 aliphatic rings. The molecule has 3 aromatic carbocycles. The summed E-state index contributed by atoms with van der Waals surface area (Å²) in [5, 5.41) is 13.9. The lowest BCUT2D eigenvalue weighted by Gasteiger charge is -2.07. The number of benzene rings is 3. The molecule has 5 rings (SSSR count). The zero-order valence-corrected chi connectivity index (χ0v) is 19.2. The minimum Gasteiger partial charge on any atom is -0.497 e. The Balaban J connectivity index is 1.46. The number of nitriles is 1. The summed E-state index contributed by atoms with van der Waals surface area (Å²) >= 11 is 1.31. The maximum atomic E-state index is 12.7. The first-order valence-electron chi connectivity index (χ1n) is 10.6. The Kier molecular flexibility index (Phi) is 5.90. The van der Waals surface area contributed by atoms with E-state index >= 15 is 0 Å². The average Bonchev–Trinajstić information content (AvgIpc) is 3.39. The summed E-state index contributed by atoms with van der Waals surface area (Å²) in [6, 6.07) is 25.3. The van der Waals surface area contributed by atoms with Gasteiger partial charge in [-0.3, -0.25) is 4.79 Å². The topological polar surface area (TPSA) is 79.4 Å². The number of aromatic nitrogens is 1. The van der Waals surface area contributed by atoms with Gasteiger partial charge in [-0.1, -0.05) is 36.4 Å². The van der Waals surface area contributed by atoms with E-state index in [2.05, 4.69) is 20.9 Å². The summed E-state index contributed by atoms with van der Waals surface area (Å²) in [5.41, 5.74) is 4.32. The highest BCUT2D eigenvalue weighted by molar-refractivity contribution is 8.18. The lowest BCUT2D eigenvalue weighted by Crippen LogP contribution is -2.19. The third-order valence-electron chi connectivity index (χ3n) is 5.54. The molecule has 1 N–H and O–H groups in total. The molecule has 34 heavy (non-hydrogen) atoms.